The first-order chi connectivity index (χ1) is 9.81. The topological polar surface area (TPSA) is 67.3 Å². The van der Waals surface area contributed by atoms with Crippen LogP contribution >= 0.6 is 0 Å². The molecule has 104 valence electrons. The Morgan fingerprint density at radius 3 is 2.95 bits per heavy atom. The van der Waals surface area contributed by atoms with Gasteiger partial charge < -0.3 is 4.74 Å². The maximum atomic E-state index is 11.9. The number of benzene rings is 1. The summed E-state index contributed by atoms with van der Waals surface area (Å²) in [7, 11) is 0. The molecule has 6 nitrogen and oxygen atoms in total. The van der Waals surface area contributed by atoms with Gasteiger partial charge in [-0.15, -0.1) is 0 Å². The summed E-state index contributed by atoms with van der Waals surface area (Å²) in [6, 6.07) is 7.68. The molecule has 1 fully saturated rings. The Morgan fingerprint density at radius 1 is 1.30 bits per heavy atom. The van der Waals surface area contributed by atoms with Crippen LogP contribution in [0.5, 0.6) is 0 Å². The van der Waals surface area contributed by atoms with E-state index >= 15 is 0 Å². The highest BCUT2D eigenvalue weighted by Crippen LogP contribution is 2.11. The van der Waals surface area contributed by atoms with Gasteiger partial charge in [0.05, 0.1) is 25.3 Å². The average molecular weight is 272 g/mol. The lowest BCUT2D eigenvalue weighted by Gasteiger charge is -2.25. The number of anilines is 1. The van der Waals surface area contributed by atoms with Crippen LogP contribution in [0.25, 0.3) is 10.9 Å². The number of rotatable bonds is 3. The Balaban J connectivity index is 1.64. The van der Waals surface area contributed by atoms with Crippen molar-refractivity contribution in [3.63, 3.8) is 0 Å². The molecule has 0 spiro atoms. The predicted molar refractivity (Wildman–Crippen MR) is 75.4 cm³/mol. The third-order valence-electron chi connectivity index (χ3n) is 3.21. The summed E-state index contributed by atoms with van der Waals surface area (Å²) in [6.07, 6.45) is 1.71. The highest BCUT2D eigenvalue weighted by Gasteiger charge is 2.14. The van der Waals surface area contributed by atoms with E-state index in [1.54, 1.807) is 6.20 Å². The maximum absolute atomic E-state index is 11.9. The van der Waals surface area contributed by atoms with Crippen molar-refractivity contribution in [1.29, 1.82) is 0 Å². The van der Waals surface area contributed by atoms with Gasteiger partial charge in [0.1, 0.15) is 0 Å². The summed E-state index contributed by atoms with van der Waals surface area (Å²) in [5, 5.41) is 3.69. The van der Waals surface area contributed by atoms with E-state index in [9.17, 15) is 4.79 Å². The zero-order chi connectivity index (χ0) is 13.8. The van der Waals surface area contributed by atoms with E-state index in [0.717, 1.165) is 24.0 Å². The van der Waals surface area contributed by atoms with Crippen LogP contribution in [-0.4, -0.2) is 53.6 Å². The fourth-order valence-electron chi connectivity index (χ4n) is 2.16. The van der Waals surface area contributed by atoms with Crippen LogP contribution < -0.4 is 5.32 Å². The van der Waals surface area contributed by atoms with Crippen molar-refractivity contribution in [2.45, 2.75) is 0 Å². The molecular formula is C14H16N4O2. The Labute approximate surface area is 116 Å². The van der Waals surface area contributed by atoms with Crippen LogP contribution in [0, 0.1) is 0 Å². The zero-order valence-electron chi connectivity index (χ0n) is 11.1. The Kier molecular flexibility index (Phi) is 3.85. The van der Waals surface area contributed by atoms with Crippen molar-refractivity contribution >= 4 is 22.8 Å². The number of hydrogen-bond acceptors (Lipinski definition) is 5. The number of para-hydroxylation sites is 1. The minimum atomic E-state index is -0.0952. The minimum absolute atomic E-state index is 0.0952. The minimum Gasteiger partial charge on any atom is -0.379 e. The number of amides is 1. The first-order valence-electron chi connectivity index (χ1n) is 6.63. The highest BCUT2D eigenvalue weighted by atomic mass is 16.5. The number of nitrogens with zero attached hydrogens (tertiary/aromatic N) is 3. The number of nitrogens with one attached hydrogen (secondary N) is 1. The second kappa shape index (κ2) is 5.94. The van der Waals surface area contributed by atoms with Crippen LogP contribution in [0.1, 0.15) is 0 Å². The number of hydrogen-bond donors (Lipinski definition) is 1. The third kappa shape index (κ3) is 3.09. The van der Waals surface area contributed by atoms with Crippen molar-refractivity contribution in [3.05, 3.63) is 30.5 Å². The van der Waals surface area contributed by atoms with Gasteiger partial charge in [-0.25, -0.2) is 9.97 Å². The summed E-state index contributed by atoms with van der Waals surface area (Å²) >= 11 is 0. The molecule has 2 heterocycles. The van der Waals surface area contributed by atoms with Crippen molar-refractivity contribution < 1.29 is 9.53 Å². The summed E-state index contributed by atoms with van der Waals surface area (Å²) in [4.78, 5) is 22.5. The molecule has 6 heteroatoms. The Morgan fingerprint density at radius 2 is 2.10 bits per heavy atom. The molecule has 0 bridgehead atoms. The molecule has 1 aliphatic rings. The number of ether oxygens (including phenoxy) is 1. The molecular weight excluding hydrogens is 256 g/mol. The molecule has 0 radical (unpaired) electrons. The molecule has 1 N–H and O–H groups in total. The second-order valence-corrected chi connectivity index (χ2v) is 4.69. The molecule has 0 atom stereocenters. The van der Waals surface area contributed by atoms with Gasteiger partial charge >= 0.3 is 0 Å². The third-order valence-corrected chi connectivity index (χ3v) is 3.21. The highest BCUT2D eigenvalue weighted by molar-refractivity contribution is 5.91. The van der Waals surface area contributed by atoms with Crippen LogP contribution in [-0.2, 0) is 9.53 Å². The van der Waals surface area contributed by atoms with E-state index in [1.165, 1.54) is 0 Å². The normalized spacial score (nSPS) is 16.2. The molecule has 20 heavy (non-hydrogen) atoms. The first-order valence-corrected chi connectivity index (χ1v) is 6.63. The zero-order valence-corrected chi connectivity index (χ0v) is 11.1. The lowest BCUT2D eigenvalue weighted by atomic mass is 10.2. The van der Waals surface area contributed by atoms with Crippen molar-refractivity contribution in [3.8, 4) is 0 Å². The molecule has 1 aromatic heterocycles. The van der Waals surface area contributed by atoms with E-state index in [0.29, 0.717) is 25.7 Å². The van der Waals surface area contributed by atoms with Crippen LogP contribution in [0.2, 0.25) is 0 Å². The monoisotopic (exact) mass is 272 g/mol. The van der Waals surface area contributed by atoms with E-state index in [-0.39, 0.29) is 5.91 Å². The predicted octanol–water partition coefficient (Wildman–Crippen LogP) is 0.900. The van der Waals surface area contributed by atoms with E-state index in [4.69, 9.17) is 4.74 Å². The number of morpholine rings is 1. The summed E-state index contributed by atoms with van der Waals surface area (Å²) in [5.41, 5.74) is 0.823. The summed E-state index contributed by atoms with van der Waals surface area (Å²) in [5.74, 6) is 0.254. The lowest BCUT2D eigenvalue weighted by molar-refractivity contribution is -0.118. The van der Waals surface area contributed by atoms with Gasteiger partial charge in [0.15, 0.2) is 0 Å². The van der Waals surface area contributed by atoms with Crippen molar-refractivity contribution in [1.82, 2.24) is 14.9 Å². The van der Waals surface area contributed by atoms with Gasteiger partial charge in [-0.1, -0.05) is 18.2 Å². The number of carbonyl (C=O) groups is 1. The lowest BCUT2D eigenvalue weighted by Crippen LogP contribution is -2.41. The van der Waals surface area contributed by atoms with Crippen LogP contribution in [0.15, 0.2) is 30.5 Å². The van der Waals surface area contributed by atoms with Crippen molar-refractivity contribution in [2.24, 2.45) is 0 Å². The van der Waals surface area contributed by atoms with Gasteiger partial charge in [0.2, 0.25) is 11.9 Å². The van der Waals surface area contributed by atoms with E-state index in [2.05, 4.69) is 20.2 Å². The molecule has 2 aromatic rings. The van der Waals surface area contributed by atoms with E-state index in [1.807, 2.05) is 24.3 Å². The number of fused-ring (bicyclic) bond motifs is 1. The van der Waals surface area contributed by atoms with Gasteiger partial charge in [0.25, 0.3) is 0 Å². The smallest absolute Gasteiger partial charge is 0.240 e. The van der Waals surface area contributed by atoms with Gasteiger partial charge in [-0.3, -0.25) is 15.0 Å². The molecule has 1 saturated heterocycles. The molecule has 1 aromatic carbocycles. The number of aromatic nitrogens is 2. The molecule has 1 aliphatic heterocycles. The first kappa shape index (κ1) is 13.0. The Hall–Kier alpha value is -2.05. The second-order valence-electron chi connectivity index (χ2n) is 4.69. The Bertz CT molecular complexity index is 611. The van der Waals surface area contributed by atoms with Gasteiger partial charge in [-0.05, 0) is 6.07 Å². The number of carbonyl (C=O) groups excluding carboxylic acids is 1. The quantitative estimate of drug-likeness (QED) is 0.899. The van der Waals surface area contributed by atoms with Crippen molar-refractivity contribution in [2.75, 3.05) is 38.2 Å². The maximum Gasteiger partial charge on any atom is 0.240 e. The molecule has 3 rings (SSSR count). The van der Waals surface area contributed by atoms with Crippen LogP contribution in [0.4, 0.5) is 5.95 Å². The molecule has 1 amide bonds. The van der Waals surface area contributed by atoms with Gasteiger partial charge in [-0.2, -0.15) is 0 Å². The molecule has 0 unspecified atom stereocenters. The standard InChI is InChI=1S/C14H16N4O2/c19-13(10-18-5-7-20-8-6-18)17-14-15-9-11-3-1-2-4-12(11)16-14/h1-4,9H,5-8,10H2,(H,15,16,17,19). The summed E-state index contributed by atoms with van der Waals surface area (Å²) < 4.78 is 5.25. The largest absolute Gasteiger partial charge is 0.379 e. The fraction of sp³-hybridized carbons (Fsp3) is 0.357. The average Bonchev–Trinajstić information content (AvgIpc) is 2.48. The fourth-order valence-corrected chi connectivity index (χ4v) is 2.16. The van der Waals surface area contributed by atoms with Crippen LogP contribution in [0.3, 0.4) is 0 Å². The molecule has 0 aliphatic carbocycles. The van der Waals surface area contributed by atoms with Gasteiger partial charge in [0, 0.05) is 24.7 Å². The SMILES string of the molecule is O=C(CN1CCOCC1)Nc1ncc2ccccc2n1. The van der Waals surface area contributed by atoms with E-state index < -0.39 is 0 Å². The molecule has 0 saturated carbocycles. The summed E-state index contributed by atoms with van der Waals surface area (Å²) in [6.45, 7) is 3.27.